The van der Waals surface area contributed by atoms with Gasteiger partial charge in [0.2, 0.25) is 0 Å². The van der Waals surface area contributed by atoms with E-state index in [1.165, 1.54) is 17.8 Å². The van der Waals surface area contributed by atoms with Crippen LogP contribution in [-0.2, 0) is 5.75 Å². The van der Waals surface area contributed by atoms with Gasteiger partial charge >= 0.3 is 0 Å². The highest BCUT2D eigenvalue weighted by Crippen LogP contribution is 2.26. The average Bonchev–Trinajstić information content (AvgIpc) is 2.55. The highest BCUT2D eigenvalue weighted by Gasteiger charge is 2.12. The molecule has 0 amide bonds. The van der Waals surface area contributed by atoms with Gasteiger partial charge in [-0.05, 0) is 49.2 Å². The zero-order valence-electron chi connectivity index (χ0n) is 13.8. The Balaban J connectivity index is 1.93. The number of hydrogen-bond acceptors (Lipinski definition) is 3. The van der Waals surface area contributed by atoms with E-state index in [4.69, 9.17) is 11.6 Å². The van der Waals surface area contributed by atoms with Gasteiger partial charge in [0.05, 0.1) is 0 Å². The van der Waals surface area contributed by atoms with E-state index in [-0.39, 0.29) is 17.1 Å². The molecule has 1 heterocycles. The van der Waals surface area contributed by atoms with Gasteiger partial charge in [-0.2, -0.15) is 0 Å². The maximum Gasteiger partial charge on any atom is 0.287 e. The summed E-state index contributed by atoms with van der Waals surface area (Å²) in [5, 5.41) is 0.652. The number of halogens is 2. The topological polar surface area (TPSA) is 34.9 Å². The predicted molar refractivity (Wildman–Crippen MR) is 100 cm³/mol. The Morgan fingerprint density at radius 1 is 1.20 bits per heavy atom. The van der Waals surface area contributed by atoms with Crippen molar-refractivity contribution in [3.05, 3.63) is 86.7 Å². The van der Waals surface area contributed by atoms with E-state index in [1.807, 2.05) is 32.0 Å². The van der Waals surface area contributed by atoms with Crippen molar-refractivity contribution in [3.63, 3.8) is 0 Å². The standard InChI is InChI=1S/C19H16ClFN2OS/c1-12-8-13(2)10-14(9-12)23-7-6-22-18(19(23)24)25-11-15-16(20)4-3-5-17(15)21/h3-10H,11H2,1-2H3. The monoisotopic (exact) mass is 374 g/mol. The summed E-state index contributed by atoms with van der Waals surface area (Å²) < 4.78 is 15.4. The first-order valence-electron chi connectivity index (χ1n) is 7.68. The third kappa shape index (κ3) is 3.94. The van der Waals surface area contributed by atoms with Gasteiger partial charge in [-0.15, -0.1) is 0 Å². The lowest BCUT2D eigenvalue weighted by Crippen LogP contribution is -2.20. The Bertz CT molecular complexity index is 947. The van der Waals surface area contributed by atoms with Crippen molar-refractivity contribution in [2.75, 3.05) is 0 Å². The van der Waals surface area contributed by atoms with Crippen LogP contribution in [0.3, 0.4) is 0 Å². The summed E-state index contributed by atoms with van der Waals surface area (Å²) in [6, 6.07) is 10.5. The number of nitrogens with zero attached hydrogens (tertiary/aromatic N) is 2. The Morgan fingerprint density at radius 3 is 2.60 bits per heavy atom. The maximum atomic E-state index is 13.9. The molecule has 128 valence electrons. The fourth-order valence-electron chi connectivity index (χ4n) is 2.60. The zero-order valence-corrected chi connectivity index (χ0v) is 15.4. The number of hydrogen-bond donors (Lipinski definition) is 0. The largest absolute Gasteiger partial charge is 0.287 e. The minimum Gasteiger partial charge on any atom is -0.280 e. The fraction of sp³-hybridized carbons (Fsp3) is 0.158. The Kier molecular flexibility index (Phi) is 5.25. The second-order valence-corrected chi connectivity index (χ2v) is 7.11. The van der Waals surface area contributed by atoms with Crippen molar-refractivity contribution in [3.8, 4) is 5.69 Å². The Hall–Kier alpha value is -2.11. The van der Waals surface area contributed by atoms with Gasteiger partial charge in [-0.25, -0.2) is 9.37 Å². The molecule has 0 bridgehead atoms. The molecule has 25 heavy (non-hydrogen) atoms. The molecular formula is C19H16ClFN2OS. The number of aromatic nitrogens is 2. The van der Waals surface area contributed by atoms with Crippen molar-refractivity contribution in [1.82, 2.24) is 9.55 Å². The van der Waals surface area contributed by atoms with E-state index in [0.717, 1.165) is 16.8 Å². The molecule has 0 saturated heterocycles. The van der Waals surface area contributed by atoms with E-state index >= 15 is 0 Å². The number of thioether (sulfide) groups is 1. The van der Waals surface area contributed by atoms with Gasteiger partial charge in [0, 0.05) is 34.4 Å². The summed E-state index contributed by atoms with van der Waals surface area (Å²) in [7, 11) is 0. The molecule has 1 aromatic heterocycles. The summed E-state index contributed by atoms with van der Waals surface area (Å²) in [6.07, 6.45) is 3.21. The number of rotatable bonds is 4. The van der Waals surface area contributed by atoms with E-state index < -0.39 is 0 Å². The van der Waals surface area contributed by atoms with Gasteiger partial charge in [-0.1, -0.05) is 35.5 Å². The molecule has 0 N–H and O–H groups in total. The van der Waals surface area contributed by atoms with Gasteiger partial charge in [-0.3, -0.25) is 9.36 Å². The molecule has 0 aliphatic rings. The Labute approximate surface area is 154 Å². The number of benzene rings is 2. The van der Waals surface area contributed by atoms with Crippen molar-refractivity contribution in [2.45, 2.75) is 24.6 Å². The summed E-state index contributed by atoms with van der Waals surface area (Å²) in [5.74, 6) is -0.143. The summed E-state index contributed by atoms with van der Waals surface area (Å²) in [6.45, 7) is 3.97. The molecule has 0 aliphatic carbocycles. The molecule has 0 unspecified atom stereocenters. The molecule has 3 nitrogen and oxygen atoms in total. The predicted octanol–water partition coefficient (Wildman–Crippen LogP) is 4.93. The smallest absolute Gasteiger partial charge is 0.280 e. The first kappa shape index (κ1) is 17.7. The van der Waals surface area contributed by atoms with E-state index in [0.29, 0.717) is 15.6 Å². The van der Waals surface area contributed by atoms with Crippen molar-refractivity contribution < 1.29 is 4.39 Å². The van der Waals surface area contributed by atoms with E-state index in [1.54, 1.807) is 29.1 Å². The first-order valence-corrected chi connectivity index (χ1v) is 9.04. The van der Waals surface area contributed by atoms with Crippen LogP contribution >= 0.6 is 23.4 Å². The molecule has 0 fully saturated rings. The van der Waals surface area contributed by atoms with Gasteiger partial charge in [0.1, 0.15) is 5.82 Å². The zero-order chi connectivity index (χ0) is 18.0. The lowest BCUT2D eigenvalue weighted by atomic mass is 10.1. The summed E-state index contributed by atoms with van der Waals surface area (Å²) in [5.41, 5.74) is 3.08. The second-order valence-electron chi connectivity index (χ2n) is 5.74. The highest BCUT2D eigenvalue weighted by atomic mass is 35.5. The van der Waals surface area contributed by atoms with Gasteiger partial charge < -0.3 is 0 Å². The molecule has 3 aromatic rings. The van der Waals surface area contributed by atoms with Crippen molar-refractivity contribution in [2.24, 2.45) is 0 Å². The summed E-state index contributed by atoms with van der Waals surface area (Å²) >= 11 is 7.22. The van der Waals surface area contributed by atoms with E-state index in [9.17, 15) is 9.18 Å². The molecule has 0 radical (unpaired) electrons. The minimum absolute atomic E-state index is 0.232. The molecule has 0 aliphatic heterocycles. The van der Waals surface area contributed by atoms with Crippen LogP contribution in [0.4, 0.5) is 4.39 Å². The third-order valence-electron chi connectivity index (χ3n) is 3.71. The minimum atomic E-state index is -0.384. The van der Waals surface area contributed by atoms with Crippen LogP contribution < -0.4 is 5.56 Å². The van der Waals surface area contributed by atoms with Gasteiger partial charge in [0.15, 0.2) is 5.03 Å². The molecule has 6 heteroatoms. The Morgan fingerprint density at radius 2 is 1.92 bits per heavy atom. The number of aryl methyl sites for hydroxylation is 2. The van der Waals surface area contributed by atoms with Crippen molar-refractivity contribution in [1.29, 1.82) is 0 Å². The molecule has 0 spiro atoms. The first-order chi connectivity index (χ1) is 12.0. The third-order valence-corrected chi connectivity index (χ3v) is 5.05. The van der Waals surface area contributed by atoms with Crippen LogP contribution in [0.25, 0.3) is 5.69 Å². The van der Waals surface area contributed by atoms with Gasteiger partial charge in [0.25, 0.3) is 5.56 Å². The average molecular weight is 375 g/mol. The quantitative estimate of drug-likeness (QED) is 0.607. The van der Waals surface area contributed by atoms with Crippen LogP contribution in [0.1, 0.15) is 16.7 Å². The highest BCUT2D eigenvalue weighted by molar-refractivity contribution is 7.98. The molecule has 3 rings (SSSR count). The second kappa shape index (κ2) is 7.42. The molecule has 2 aromatic carbocycles. The van der Waals surface area contributed by atoms with Crippen LogP contribution in [0, 0.1) is 19.7 Å². The maximum absolute atomic E-state index is 13.9. The molecule has 0 atom stereocenters. The molecule has 0 saturated carbocycles. The lowest BCUT2D eigenvalue weighted by molar-refractivity contribution is 0.617. The van der Waals surface area contributed by atoms with Crippen LogP contribution in [0.15, 0.2) is 58.6 Å². The van der Waals surface area contributed by atoms with Crippen LogP contribution in [0.5, 0.6) is 0 Å². The van der Waals surface area contributed by atoms with Crippen LogP contribution in [-0.4, -0.2) is 9.55 Å². The lowest BCUT2D eigenvalue weighted by Gasteiger charge is -2.10. The van der Waals surface area contributed by atoms with Crippen molar-refractivity contribution >= 4 is 23.4 Å². The fourth-order valence-corrected chi connectivity index (χ4v) is 3.84. The van der Waals surface area contributed by atoms with Crippen LogP contribution in [0.2, 0.25) is 5.02 Å². The summed E-state index contributed by atoms with van der Waals surface area (Å²) in [4.78, 5) is 16.9. The molecular weight excluding hydrogens is 359 g/mol. The SMILES string of the molecule is Cc1cc(C)cc(-n2ccnc(SCc3c(F)cccc3Cl)c2=O)c1. The van der Waals surface area contributed by atoms with E-state index in [2.05, 4.69) is 4.98 Å². The normalized spacial score (nSPS) is 10.9.